The zero-order valence-corrected chi connectivity index (χ0v) is 14.1. The van der Waals surface area contributed by atoms with Crippen LogP contribution in [0.3, 0.4) is 0 Å². The average Bonchev–Trinajstić information content (AvgIpc) is 2.67. The minimum absolute atomic E-state index is 0.141. The number of likely N-dealkylation sites (N-methyl/N-ethyl adjacent to an activating group) is 1. The van der Waals surface area contributed by atoms with E-state index in [4.69, 9.17) is 9.47 Å². The predicted molar refractivity (Wildman–Crippen MR) is 95.2 cm³/mol. The Bertz CT molecular complexity index is 1030. The topological polar surface area (TPSA) is 84.5 Å². The Morgan fingerprint density at radius 1 is 1.19 bits per heavy atom. The van der Waals surface area contributed by atoms with Gasteiger partial charge in [0.25, 0.3) is 11.5 Å². The van der Waals surface area contributed by atoms with Crippen molar-refractivity contribution in [3.8, 4) is 11.5 Å². The van der Waals surface area contributed by atoms with Gasteiger partial charge >= 0.3 is 0 Å². The van der Waals surface area contributed by atoms with Crippen molar-refractivity contribution in [1.29, 1.82) is 0 Å². The number of fused-ring (bicyclic) bond motifs is 2. The third-order valence-electron chi connectivity index (χ3n) is 4.21. The largest absolute Gasteiger partial charge is 0.485 e. The van der Waals surface area contributed by atoms with Gasteiger partial charge in [0.15, 0.2) is 11.5 Å². The van der Waals surface area contributed by atoms with Crippen LogP contribution in [-0.2, 0) is 11.3 Å². The first-order valence-corrected chi connectivity index (χ1v) is 8.23. The second-order valence-electron chi connectivity index (χ2n) is 6.09. The molecule has 0 bridgehead atoms. The maximum absolute atomic E-state index is 12.7. The molecular weight excluding hydrogens is 334 g/mol. The van der Waals surface area contributed by atoms with Gasteiger partial charge < -0.3 is 19.4 Å². The monoisotopic (exact) mass is 351 g/mol. The molecule has 26 heavy (non-hydrogen) atoms. The standard InChI is InChI=1S/C19H17N3O4/c1-22(10-17-20-13-7-3-2-6-12(13)18(23)21-17)19(24)16-11-25-14-8-4-5-9-15(14)26-16/h2-9,16H,10-11H2,1H3,(H,20,21,23)/t16-/m0/s1. The molecule has 0 saturated carbocycles. The molecule has 1 N–H and O–H groups in total. The quantitative estimate of drug-likeness (QED) is 0.777. The van der Waals surface area contributed by atoms with Crippen molar-refractivity contribution in [2.75, 3.05) is 13.7 Å². The van der Waals surface area contributed by atoms with Crippen molar-refractivity contribution in [2.24, 2.45) is 0 Å². The van der Waals surface area contributed by atoms with E-state index >= 15 is 0 Å². The van der Waals surface area contributed by atoms with Crippen molar-refractivity contribution in [3.63, 3.8) is 0 Å². The Morgan fingerprint density at radius 3 is 2.77 bits per heavy atom. The van der Waals surface area contributed by atoms with Gasteiger partial charge in [0, 0.05) is 7.05 Å². The first-order chi connectivity index (χ1) is 12.6. The number of para-hydroxylation sites is 3. The van der Waals surface area contributed by atoms with Crippen LogP contribution in [0.25, 0.3) is 10.9 Å². The Balaban J connectivity index is 1.51. The number of H-pyrrole nitrogens is 1. The number of benzene rings is 2. The molecule has 1 aliphatic rings. The Hall–Kier alpha value is -3.35. The van der Waals surface area contributed by atoms with Crippen molar-refractivity contribution in [1.82, 2.24) is 14.9 Å². The highest BCUT2D eigenvalue weighted by Gasteiger charge is 2.29. The van der Waals surface area contributed by atoms with Crippen molar-refractivity contribution < 1.29 is 14.3 Å². The third-order valence-corrected chi connectivity index (χ3v) is 4.21. The predicted octanol–water partition coefficient (Wildman–Crippen LogP) is 1.72. The first kappa shape index (κ1) is 16.1. The van der Waals surface area contributed by atoms with Crippen LogP contribution in [0.5, 0.6) is 11.5 Å². The molecule has 4 rings (SSSR count). The molecule has 7 heteroatoms. The lowest BCUT2D eigenvalue weighted by atomic mass is 10.2. The number of aromatic amines is 1. The zero-order chi connectivity index (χ0) is 18.1. The molecular formula is C19H17N3O4. The SMILES string of the molecule is CN(Cc1nc2ccccc2c(=O)[nH]1)C(=O)[C@@H]1COc2ccccc2O1. The third kappa shape index (κ3) is 2.99. The number of nitrogens with zero attached hydrogens (tertiary/aromatic N) is 2. The van der Waals surface area contributed by atoms with Gasteiger partial charge in [0.05, 0.1) is 17.4 Å². The molecule has 1 aromatic heterocycles. The van der Waals surface area contributed by atoms with E-state index in [0.29, 0.717) is 28.2 Å². The van der Waals surface area contributed by atoms with E-state index in [1.165, 1.54) is 4.90 Å². The summed E-state index contributed by atoms with van der Waals surface area (Å²) in [5.74, 6) is 1.35. The Kier molecular flexibility index (Phi) is 4.04. The van der Waals surface area contributed by atoms with Crippen LogP contribution in [-0.4, -0.2) is 40.5 Å². The van der Waals surface area contributed by atoms with E-state index in [1.54, 1.807) is 37.4 Å². The van der Waals surface area contributed by atoms with E-state index in [2.05, 4.69) is 9.97 Å². The summed E-state index contributed by atoms with van der Waals surface area (Å²) >= 11 is 0. The van der Waals surface area contributed by atoms with Crippen molar-refractivity contribution >= 4 is 16.8 Å². The van der Waals surface area contributed by atoms with Crippen LogP contribution in [0.1, 0.15) is 5.82 Å². The number of aromatic nitrogens is 2. The molecule has 0 fully saturated rings. The fourth-order valence-corrected chi connectivity index (χ4v) is 2.90. The summed E-state index contributed by atoms with van der Waals surface area (Å²) in [6.45, 7) is 0.308. The highest BCUT2D eigenvalue weighted by molar-refractivity contribution is 5.82. The zero-order valence-electron chi connectivity index (χ0n) is 14.1. The fraction of sp³-hybridized carbons (Fsp3) is 0.211. The summed E-state index contributed by atoms with van der Waals surface area (Å²) in [5, 5.41) is 0.519. The summed E-state index contributed by atoms with van der Waals surface area (Å²) in [4.78, 5) is 33.4. The molecule has 0 unspecified atom stereocenters. The van der Waals surface area contributed by atoms with Gasteiger partial charge in [0.2, 0.25) is 6.10 Å². The molecule has 0 saturated heterocycles. The fourth-order valence-electron chi connectivity index (χ4n) is 2.90. The van der Waals surface area contributed by atoms with Gasteiger partial charge in [-0.3, -0.25) is 9.59 Å². The molecule has 2 aromatic carbocycles. The number of carbonyl (C=O) groups excluding carboxylic acids is 1. The van der Waals surface area contributed by atoms with Crippen LogP contribution in [0.2, 0.25) is 0 Å². The van der Waals surface area contributed by atoms with Gasteiger partial charge in [-0.2, -0.15) is 0 Å². The summed E-state index contributed by atoms with van der Waals surface area (Å²) in [6, 6.07) is 14.3. The van der Waals surface area contributed by atoms with E-state index in [-0.39, 0.29) is 24.6 Å². The van der Waals surface area contributed by atoms with Crippen molar-refractivity contribution in [2.45, 2.75) is 12.6 Å². The number of hydrogen-bond acceptors (Lipinski definition) is 5. The normalized spacial score (nSPS) is 15.7. The summed E-state index contributed by atoms with van der Waals surface area (Å²) in [6.07, 6.45) is -0.734. The second-order valence-corrected chi connectivity index (χ2v) is 6.09. The van der Waals surface area contributed by atoms with Gasteiger partial charge in [-0.1, -0.05) is 24.3 Å². The summed E-state index contributed by atoms with van der Waals surface area (Å²) in [5.41, 5.74) is 0.371. The van der Waals surface area contributed by atoms with Gasteiger partial charge in [0.1, 0.15) is 12.4 Å². The van der Waals surface area contributed by atoms with Crippen LogP contribution in [0.15, 0.2) is 53.3 Å². The minimum atomic E-state index is -0.734. The second kappa shape index (κ2) is 6.51. The molecule has 0 spiro atoms. The molecule has 2 heterocycles. The van der Waals surface area contributed by atoms with Crippen LogP contribution < -0.4 is 15.0 Å². The smallest absolute Gasteiger partial charge is 0.267 e. The molecule has 0 aliphatic carbocycles. The number of amides is 1. The molecule has 0 radical (unpaired) electrons. The van der Waals surface area contributed by atoms with E-state index in [0.717, 1.165) is 0 Å². The molecule has 1 aliphatic heterocycles. The number of hydrogen-bond donors (Lipinski definition) is 1. The van der Waals surface area contributed by atoms with Gasteiger partial charge in [-0.15, -0.1) is 0 Å². The number of rotatable bonds is 3. The number of nitrogens with one attached hydrogen (secondary N) is 1. The lowest BCUT2D eigenvalue weighted by Crippen LogP contribution is -2.44. The molecule has 3 aromatic rings. The van der Waals surface area contributed by atoms with E-state index in [1.807, 2.05) is 18.2 Å². The molecule has 7 nitrogen and oxygen atoms in total. The number of carbonyl (C=O) groups is 1. The van der Waals surface area contributed by atoms with Crippen LogP contribution in [0.4, 0.5) is 0 Å². The highest BCUT2D eigenvalue weighted by atomic mass is 16.6. The van der Waals surface area contributed by atoms with Crippen LogP contribution in [0, 0.1) is 0 Å². The van der Waals surface area contributed by atoms with Gasteiger partial charge in [-0.05, 0) is 24.3 Å². The average molecular weight is 351 g/mol. The molecule has 1 amide bonds. The van der Waals surface area contributed by atoms with E-state index in [9.17, 15) is 9.59 Å². The van der Waals surface area contributed by atoms with Crippen molar-refractivity contribution in [3.05, 3.63) is 64.7 Å². The number of ether oxygens (including phenoxy) is 2. The minimum Gasteiger partial charge on any atom is -0.485 e. The first-order valence-electron chi connectivity index (χ1n) is 8.23. The lowest BCUT2D eigenvalue weighted by Gasteiger charge is -2.28. The maximum atomic E-state index is 12.7. The molecule has 1 atom stereocenters. The van der Waals surface area contributed by atoms with Gasteiger partial charge in [-0.25, -0.2) is 4.98 Å². The summed E-state index contributed by atoms with van der Waals surface area (Å²) in [7, 11) is 1.64. The lowest BCUT2D eigenvalue weighted by molar-refractivity contribution is -0.140. The van der Waals surface area contributed by atoms with E-state index < -0.39 is 6.10 Å². The highest BCUT2D eigenvalue weighted by Crippen LogP contribution is 2.31. The molecule has 132 valence electrons. The maximum Gasteiger partial charge on any atom is 0.267 e. The Morgan fingerprint density at radius 2 is 1.92 bits per heavy atom. The Labute approximate surface area is 149 Å². The van der Waals surface area contributed by atoms with Crippen LogP contribution >= 0.6 is 0 Å². The summed E-state index contributed by atoms with van der Waals surface area (Å²) < 4.78 is 11.3.